The molecule has 0 radical (unpaired) electrons. The number of nitrogens with one attached hydrogen (secondary N) is 2. The fraction of sp³-hybridized carbons (Fsp3) is 0.200. The average Bonchev–Trinajstić information content (AvgIpc) is 3.38. The molecule has 1 aliphatic carbocycles. The molecule has 0 saturated heterocycles. The third-order valence-electron chi connectivity index (χ3n) is 5.38. The van der Waals surface area contributed by atoms with Gasteiger partial charge >= 0.3 is 0 Å². The van der Waals surface area contributed by atoms with Gasteiger partial charge in [-0.2, -0.15) is 0 Å². The number of hydrogen-bond acceptors (Lipinski definition) is 6. The summed E-state index contributed by atoms with van der Waals surface area (Å²) in [5, 5.41) is 17.2. The van der Waals surface area contributed by atoms with Gasteiger partial charge in [0.15, 0.2) is 5.16 Å². The third kappa shape index (κ3) is 5.55. The van der Waals surface area contributed by atoms with Gasteiger partial charge in [0.1, 0.15) is 5.82 Å². The van der Waals surface area contributed by atoms with E-state index in [4.69, 9.17) is 0 Å². The van der Waals surface area contributed by atoms with Crippen LogP contribution in [0.3, 0.4) is 0 Å². The average molecular weight is 490 g/mol. The van der Waals surface area contributed by atoms with E-state index in [0.29, 0.717) is 28.7 Å². The summed E-state index contributed by atoms with van der Waals surface area (Å²) in [7, 11) is 0. The van der Waals surface area contributed by atoms with Gasteiger partial charge in [-0.1, -0.05) is 48.2 Å². The monoisotopic (exact) mass is 489 g/mol. The molecule has 0 atom stereocenters. The minimum absolute atomic E-state index is 0.123. The Morgan fingerprint density at radius 1 is 0.941 bits per heavy atom. The molecule has 9 heteroatoms. The van der Waals surface area contributed by atoms with E-state index in [1.165, 1.54) is 28.7 Å². The lowest BCUT2D eigenvalue weighted by Gasteiger charge is -2.10. The Hall–Kier alpha value is -3.43. The minimum atomic E-state index is -0.145. The molecule has 7 nitrogen and oxygen atoms in total. The number of thioether (sulfide) groups is 1. The van der Waals surface area contributed by atoms with Crippen molar-refractivity contribution in [3.63, 3.8) is 0 Å². The summed E-state index contributed by atoms with van der Waals surface area (Å²) in [4.78, 5) is 25.4. The number of thiophene rings is 1. The normalized spacial score (nSPS) is 12.9. The van der Waals surface area contributed by atoms with Crippen molar-refractivity contribution < 1.29 is 9.59 Å². The van der Waals surface area contributed by atoms with Crippen LogP contribution in [-0.4, -0.2) is 32.3 Å². The van der Waals surface area contributed by atoms with E-state index < -0.39 is 0 Å². The highest BCUT2D eigenvalue weighted by atomic mass is 32.2. The quantitative estimate of drug-likeness (QED) is 0.314. The van der Waals surface area contributed by atoms with Crippen LogP contribution >= 0.6 is 23.1 Å². The van der Waals surface area contributed by atoms with Gasteiger partial charge in [0.2, 0.25) is 5.91 Å². The van der Waals surface area contributed by atoms with Crippen molar-refractivity contribution in [2.75, 3.05) is 16.4 Å². The van der Waals surface area contributed by atoms with Crippen molar-refractivity contribution in [2.24, 2.45) is 0 Å². The second-order valence-electron chi connectivity index (χ2n) is 8.03. The van der Waals surface area contributed by atoms with Crippen LogP contribution in [0.5, 0.6) is 0 Å². The molecule has 1 aliphatic rings. The Kier molecular flexibility index (Phi) is 6.73. The highest BCUT2D eigenvalue weighted by Gasteiger charge is 2.30. The Morgan fingerprint density at radius 2 is 1.68 bits per heavy atom. The van der Waals surface area contributed by atoms with Crippen molar-refractivity contribution in [2.45, 2.75) is 30.5 Å². The van der Waals surface area contributed by atoms with Crippen molar-refractivity contribution in [3.8, 4) is 0 Å². The van der Waals surface area contributed by atoms with Crippen LogP contribution in [0.15, 0.2) is 77.3 Å². The van der Waals surface area contributed by atoms with Crippen molar-refractivity contribution in [1.82, 2.24) is 14.8 Å². The van der Waals surface area contributed by atoms with E-state index in [0.717, 1.165) is 23.8 Å². The highest BCUT2D eigenvalue weighted by Crippen LogP contribution is 2.40. The van der Waals surface area contributed by atoms with Crippen LogP contribution in [-0.2, 0) is 11.3 Å². The van der Waals surface area contributed by atoms with E-state index in [9.17, 15) is 9.59 Å². The summed E-state index contributed by atoms with van der Waals surface area (Å²) in [6.45, 7) is 0.697. The summed E-state index contributed by atoms with van der Waals surface area (Å²) in [5.41, 5.74) is 2.53. The number of amides is 2. The van der Waals surface area contributed by atoms with Gasteiger partial charge in [-0.05, 0) is 54.1 Å². The second kappa shape index (κ2) is 10.2. The molecule has 2 amide bonds. The molecule has 1 fully saturated rings. The van der Waals surface area contributed by atoms with Crippen LogP contribution < -0.4 is 10.6 Å². The summed E-state index contributed by atoms with van der Waals surface area (Å²) in [6, 6.07) is 20.9. The zero-order chi connectivity index (χ0) is 23.3. The van der Waals surface area contributed by atoms with Gasteiger partial charge in [-0.25, -0.2) is 0 Å². The first kappa shape index (κ1) is 22.4. The lowest BCUT2D eigenvalue weighted by molar-refractivity contribution is -0.113. The van der Waals surface area contributed by atoms with E-state index in [1.807, 2.05) is 29.6 Å². The lowest BCUT2D eigenvalue weighted by Crippen LogP contribution is -2.15. The van der Waals surface area contributed by atoms with Crippen LogP contribution in [0.25, 0.3) is 0 Å². The molecule has 2 N–H and O–H groups in total. The standard InChI is InChI=1S/C25H23N5O2S2/c31-22(26-19-10-12-20(13-11-19)27-24(32)21-7-4-14-33-21)16-34-25-29-28-23(18-8-9-18)30(25)15-17-5-2-1-3-6-17/h1-7,10-14,18H,8-9,15-16H2,(H,26,31)(H,27,32). The summed E-state index contributed by atoms with van der Waals surface area (Å²) < 4.78 is 2.13. The Balaban J connectivity index is 1.18. The molecule has 2 aromatic heterocycles. The largest absolute Gasteiger partial charge is 0.325 e. The van der Waals surface area contributed by atoms with Crippen molar-refractivity contribution in [1.29, 1.82) is 0 Å². The first-order valence-corrected chi connectivity index (χ1v) is 12.9. The van der Waals surface area contributed by atoms with Gasteiger partial charge in [-0.15, -0.1) is 21.5 Å². The summed E-state index contributed by atoms with van der Waals surface area (Å²) in [5.74, 6) is 1.44. The van der Waals surface area contributed by atoms with E-state index in [2.05, 4.69) is 37.5 Å². The lowest BCUT2D eigenvalue weighted by atomic mass is 10.2. The van der Waals surface area contributed by atoms with Gasteiger partial charge in [-0.3, -0.25) is 9.59 Å². The Bertz CT molecular complexity index is 1270. The number of rotatable bonds is 9. The summed E-state index contributed by atoms with van der Waals surface area (Å²) in [6.07, 6.45) is 2.28. The van der Waals surface area contributed by atoms with Crippen LogP contribution in [0.1, 0.15) is 39.8 Å². The summed E-state index contributed by atoms with van der Waals surface area (Å²) >= 11 is 2.78. The molecular formula is C25H23N5O2S2. The zero-order valence-corrected chi connectivity index (χ0v) is 19.9. The maximum atomic E-state index is 12.6. The van der Waals surface area contributed by atoms with E-state index in [1.54, 1.807) is 30.3 Å². The van der Waals surface area contributed by atoms with Crippen LogP contribution in [0, 0.1) is 0 Å². The molecule has 0 unspecified atom stereocenters. The van der Waals surface area contributed by atoms with E-state index >= 15 is 0 Å². The van der Waals surface area contributed by atoms with Gasteiger partial charge in [0.25, 0.3) is 5.91 Å². The number of aromatic nitrogens is 3. The molecular weight excluding hydrogens is 466 g/mol. The fourth-order valence-corrected chi connectivity index (χ4v) is 4.89. The Labute approximate surface area is 205 Å². The van der Waals surface area contributed by atoms with Crippen molar-refractivity contribution >= 4 is 46.3 Å². The molecule has 2 aromatic carbocycles. The first-order valence-electron chi connectivity index (χ1n) is 11.0. The number of carbonyl (C=O) groups is 2. The molecule has 4 aromatic rings. The molecule has 0 aliphatic heterocycles. The molecule has 1 saturated carbocycles. The molecule has 5 rings (SSSR count). The van der Waals surface area contributed by atoms with Crippen LogP contribution in [0.4, 0.5) is 11.4 Å². The van der Waals surface area contributed by atoms with Gasteiger partial charge < -0.3 is 15.2 Å². The fourth-order valence-electron chi connectivity index (χ4n) is 3.53. The minimum Gasteiger partial charge on any atom is -0.325 e. The van der Waals surface area contributed by atoms with Gasteiger partial charge in [0, 0.05) is 17.3 Å². The second-order valence-corrected chi connectivity index (χ2v) is 9.92. The SMILES string of the molecule is O=C(CSc1nnc(C2CC2)n1Cc1ccccc1)Nc1ccc(NC(=O)c2cccs2)cc1. The zero-order valence-electron chi connectivity index (χ0n) is 18.3. The molecule has 0 bridgehead atoms. The smallest absolute Gasteiger partial charge is 0.265 e. The predicted molar refractivity (Wildman–Crippen MR) is 136 cm³/mol. The van der Waals surface area contributed by atoms with Crippen molar-refractivity contribution in [3.05, 3.63) is 88.4 Å². The Morgan fingerprint density at radius 3 is 2.35 bits per heavy atom. The third-order valence-corrected chi connectivity index (χ3v) is 7.21. The number of hydrogen-bond donors (Lipinski definition) is 2. The maximum absolute atomic E-state index is 12.6. The van der Waals surface area contributed by atoms with Crippen LogP contribution in [0.2, 0.25) is 0 Å². The number of anilines is 2. The molecule has 34 heavy (non-hydrogen) atoms. The highest BCUT2D eigenvalue weighted by molar-refractivity contribution is 7.99. The topological polar surface area (TPSA) is 88.9 Å². The molecule has 2 heterocycles. The van der Waals surface area contributed by atoms with E-state index in [-0.39, 0.29) is 17.6 Å². The molecule has 172 valence electrons. The number of nitrogens with zero attached hydrogens (tertiary/aromatic N) is 3. The first-order chi connectivity index (χ1) is 16.7. The molecule has 0 spiro atoms. The maximum Gasteiger partial charge on any atom is 0.265 e. The van der Waals surface area contributed by atoms with Gasteiger partial charge in [0.05, 0.1) is 17.2 Å². The predicted octanol–water partition coefficient (Wildman–Crippen LogP) is 5.25. The number of benzene rings is 2. The number of carbonyl (C=O) groups excluding carboxylic acids is 2.